The number of carbonyl (C=O) groups excluding carboxylic acids is 2. The molecule has 1 atom stereocenters. The summed E-state index contributed by atoms with van der Waals surface area (Å²) in [5.74, 6) is -0.191. The maximum absolute atomic E-state index is 11.6. The standard InChI is InChI=1S/C9H14N4O2S2/c1-6(17-9-13-12-5-16-9)8(15)11-4-3-7(14)10-2/h5-6H,3-4H2,1-2H3,(H,10,14)(H,11,15)/t6-/m0/s1. The monoisotopic (exact) mass is 274 g/mol. The third-order valence-electron chi connectivity index (χ3n) is 1.92. The largest absolute Gasteiger partial charge is 0.359 e. The molecule has 94 valence electrons. The number of nitrogens with one attached hydrogen (secondary N) is 2. The lowest BCUT2D eigenvalue weighted by Crippen LogP contribution is -2.34. The fourth-order valence-corrected chi connectivity index (χ4v) is 2.64. The van der Waals surface area contributed by atoms with Gasteiger partial charge in [0, 0.05) is 20.0 Å². The van der Waals surface area contributed by atoms with Crippen molar-refractivity contribution in [2.75, 3.05) is 13.6 Å². The topological polar surface area (TPSA) is 84.0 Å². The van der Waals surface area contributed by atoms with Gasteiger partial charge >= 0.3 is 0 Å². The first-order chi connectivity index (χ1) is 8.13. The van der Waals surface area contributed by atoms with Crippen molar-refractivity contribution in [3.05, 3.63) is 5.51 Å². The molecule has 0 saturated carbocycles. The molecule has 1 aromatic rings. The van der Waals surface area contributed by atoms with E-state index >= 15 is 0 Å². The molecule has 0 aliphatic carbocycles. The van der Waals surface area contributed by atoms with Gasteiger partial charge in [-0.1, -0.05) is 23.1 Å². The summed E-state index contributed by atoms with van der Waals surface area (Å²) in [6.07, 6.45) is 0.290. The van der Waals surface area contributed by atoms with Crippen LogP contribution >= 0.6 is 23.1 Å². The Kier molecular flexibility index (Phi) is 5.92. The molecule has 0 aliphatic rings. The van der Waals surface area contributed by atoms with Crippen LogP contribution in [0.2, 0.25) is 0 Å². The zero-order chi connectivity index (χ0) is 12.7. The van der Waals surface area contributed by atoms with E-state index in [1.165, 1.54) is 23.1 Å². The maximum atomic E-state index is 11.6. The molecular formula is C9H14N4O2S2. The second-order valence-corrected chi connectivity index (χ2v) is 5.60. The number of nitrogens with zero attached hydrogens (tertiary/aromatic N) is 2. The van der Waals surface area contributed by atoms with Crippen LogP contribution in [0.1, 0.15) is 13.3 Å². The van der Waals surface area contributed by atoms with E-state index in [1.54, 1.807) is 19.5 Å². The van der Waals surface area contributed by atoms with Crippen LogP contribution in [0.25, 0.3) is 0 Å². The summed E-state index contributed by atoms with van der Waals surface area (Å²) in [6.45, 7) is 2.14. The molecule has 1 aromatic heterocycles. The van der Waals surface area contributed by atoms with E-state index < -0.39 is 0 Å². The van der Waals surface area contributed by atoms with Crippen LogP contribution in [-0.2, 0) is 9.59 Å². The zero-order valence-corrected chi connectivity index (χ0v) is 11.2. The van der Waals surface area contributed by atoms with Crippen molar-refractivity contribution in [2.24, 2.45) is 0 Å². The van der Waals surface area contributed by atoms with Gasteiger partial charge in [-0.2, -0.15) is 0 Å². The summed E-state index contributed by atoms with van der Waals surface area (Å²) in [4.78, 5) is 22.6. The third kappa shape index (κ3) is 5.14. The van der Waals surface area contributed by atoms with Gasteiger partial charge < -0.3 is 10.6 Å². The maximum Gasteiger partial charge on any atom is 0.233 e. The summed E-state index contributed by atoms with van der Waals surface area (Å²) >= 11 is 2.75. The van der Waals surface area contributed by atoms with Gasteiger partial charge in [0.1, 0.15) is 5.51 Å². The van der Waals surface area contributed by atoms with Gasteiger partial charge in [-0.15, -0.1) is 10.2 Å². The van der Waals surface area contributed by atoms with Gasteiger partial charge in [-0.25, -0.2) is 0 Å². The fourth-order valence-electron chi connectivity index (χ4n) is 0.987. The van der Waals surface area contributed by atoms with Crippen LogP contribution in [0.15, 0.2) is 9.85 Å². The van der Waals surface area contributed by atoms with Gasteiger partial charge in [-0.3, -0.25) is 9.59 Å². The van der Waals surface area contributed by atoms with Crippen LogP contribution in [-0.4, -0.2) is 40.9 Å². The minimum Gasteiger partial charge on any atom is -0.359 e. The summed E-state index contributed by atoms with van der Waals surface area (Å²) in [7, 11) is 1.57. The SMILES string of the molecule is CNC(=O)CCNC(=O)[C@H](C)Sc1nncs1. The van der Waals surface area contributed by atoms with Crippen molar-refractivity contribution in [3.8, 4) is 0 Å². The molecule has 1 rings (SSSR count). The number of hydrogen-bond donors (Lipinski definition) is 2. The number of rotatable bonds is 6. The molecule has 0 bridgehead atoms. The average Bonchev–Trinajstić information content (AvgIpc) is 2.81. The molecule has 8 heteroatoms. The molecule has 1 heterocycles. The fraction of sp³-hybridized carbons (Fsp3) is 0.556. The molecule has 17 heavy (non-hydrogen) atoms. The van der Waals surface area contributed by atoms with Gasteiger partial charge in [0.05, 0.1) is 5.25 Å². The van der Waals surface area contributed by atoms with E-state index in [-0.39, 0.29) is 17.1 Å². The lowest BCUT2D eigenvalue weighted by molar-refractivity contribution is -0.121. The summed E-state index contributed by atoms with van der Waals surface area (Å²) in [5.41, 5.74) is 1.62. The number of hydrogen-bond acceptors (Lipinski definition) is 6. The van der Waals surface area contributed by atoms with Crippen molar-refractivity contribution in [2.45, 2.75) is 22.9 Å². The number of carbonyl (C=O) groups is 2. The molecule has 0 radical (unpaired) electrons. The molecule has 0 unspecified atom stereocenters. The van der Waals surface area contributed by atoms with Crippen molar-refractivity contribution in [1.82, 2.24) is 20.8 Å². The predicted octanol–water partition coefficient (Wildman–Crippen LogP) is 0.271. The van der Waals surface area contributed by atoms with Crippen LogP contribution < -0.4 is 10.6 Å². The Morgan fingerprint density at radius 3 is 2.94 bits per heavy atom. The van der Waals surface area contributed by atoms with E-state index in [2.05, 4.69) is 20.8 Å². The van der Waals surface area contributed by atoms with Gasteiger partial charge in [0.15, 0.2) is 4.34 Å². The lowest BCUT2D eigenvalue weighted by atomic mass is 10.3. The van der Waals surface area contributed by atoms with E-state index in [1.807, 2.05) is 0 Å². The van der Waals surface area contributed by atoms with Crippen molar-refractivity contribution >= 4 is 34.9 Å². The third-order valence-corrected chi connectivity index (χ3v) is 3.83. The first-order valence-electron chi connectivity index (χ1n) is 5.04. The summed E-state index contributed by atoms with van der Waals surface area (Å²) in [5, 5.41) is 12.5. The summed E-state index contributed by atoms with van der Waals surface area (Å²) < 4.78 is 0.763. The van der Waals surface area contributed by atoms with Gasteiger partial charge in [-0.05, 0) is 6.92 Å². The molecule has 6 nitrogen and oxygen atoms in total. The van der Waals surface area contributed by atoms with Crippen molar-refractivity contribution in [3.63, 3.8) is 0 Å². The highest BCUT2D eigenvalue weighted by Crippen LogP contribution is 2.23. The number of amides is 2. The Morgan fingerprint density at radius 1 is 1.59 bits per heavy atom. The van der Waals surface area contributed by atoms with Crippen molar-refractivity contribution < 1.29 is 9.59 Å². The highest BCUT2D eigenvalue weighted by Gasteiger charge is 2.15. The Balaban J connectivity index is 2.25. The normalized spacial score (nSPS) is 11.9. The highest BCUT2D eigenvalue weighted by atomic mass is 32.2. The van der Waals surface area contributed by atoms with E-state index in [0.29, 0.717) is 13.0 Å². The Hall–Kier alpha value is -1.15. The lowest BCUT2D eigenvalue weighted by Gasteiger charge is -2.09. The Morgan fingerprint density at radius 2 is 2.35 bits per heavy atom. The summed E-state index contributed by atoms with van der Waals surface area (Å²) in [6, 6.07) is 0. The Labute approximate surface area is 108 Å². The van der Waals surface area contributed by atoms with Crippen LogP contribution in [0.3, 0.4) is 0 Å². The molecule has 0 aliphatic heterocycles. The molecule has 2 N–H and O–H groups in total. The van der Waals surface area contributed by atoms with E-state index in [0.717, 1.165) is 4.34 Å². The Bertz CT molecular complexity index is 369. The molecule has 0 fully saturated rings. The first kappa shape index (κ1) is 13.9. The average molecular weight is 274 g/mol. The molecule has 0 saturated heterocycles. The minimum atomic E-state index is -0.243. The van der Waals surface area contributed by atoms with E-state index in [4.69, 9.17) is 0 Å². The predicted molar refractivity (Wildman–Crippen MR) is 66.9 cm³/mol. The first-order valence-corrected chi connectivity index (χ1v) is 6.80. The highest BCUT2D eigenvalue weighted by molar-refractivity contribution is 8.02. The van der Waals surface area contributed by atoms with Crippen LogP contribution in [0, 0.1) is 0 Å². The van der Waals surface area contributed by atoms with Gasteiger partial charge in [0.25, 0.3) is 0 Å². The van der Waals surface area contributed by atoms with Gasteiger partial charge in [0.2, 0.25) is 11.8 Å². The molecular weight excluding hydrogens is 260 g/mol. The second-order valence-electron chi connectivity index (χ2n) is 3.18. The quantitative estimate of drug-likeness (QED) is 0.728. The smallest absolute Gasteiger partial charge is 0.233 e. The second kappa shape index (κ2) is 7.23. The molecule has 2 amide bonds. The number of aromatic nitrogens is 2. The van der Waals surface area contributed by atoms with E-state index in [9.17, 15) is 9.59 Å². The van der Waals surface area contributed by atoms with Crippen LogP contribution in [0.4, 0.5) is 0 Å². The zero-order valence-electron chi connectivity index (χ0n) is 9.60. The van der Waals surface area contributed by atoms with Crippen molar-refractivity contribution in [1.29, 1.82) is 0 Å². The molecule has 0 spiro atoms. The minimum absolute atomic E-state index is 0.0882. The number of thioether (sulfide) groups is 1. The van der Waals surface area contributed by atoms with Crippen LogP contribution in [0.5, 0.6) is 0 Å². The molecule has 0 aromatic carbocycles.